The van der Waals surface area contributed by atoms with E-state index in [1.54, 1.807) is 0 Å². The SMILES string of the molecule is c1ccc2c(c1)CCNC2CN1CCOCC1. The lowest BCUT2D eigenvalue weighted by molar-refractivity contribution is 0.0331. The van der Waals surface area contributed by atoms with Gasteiger partial charge in [0.1, 0.15) is 0 Å². The Kier molecular flexibility index (Phi) is 3.41. The number of benzene rings is 1. The molecule has 0 bridgehead atoms. The molecule has 1 atom stereocenters. The molecule has 3 nitrogen and oxygen atoms in total. The zero-order valence-electron chi connectivity index (χ0n) is 10.2. The second-order valence-electron chi connectivity index (χ2n) is 4.87. The molecular weight excluding hydrogens is 212 g/mol. The highest BCUT2D eigenvalue weighted by Gasteiger charge is 2.22. The van der Waals surface area contributed by atoms with Gasteiger partial charge in [0.2, 0.25) is 0 Å². The molecule has 2 aliphatic rings. The second-order valence-corrected chi connectivity index (χ2v) is 4.87. The third-order valence-corrected chi connectivity index (χ3v) is 3.76. The van der Waals surface area contributed by atoms with E-state index in [0.717, 1.165) is 45.8 Å². The summed E-state index contributed by atoms with van der Waals surface area (Å²) in [5, 5.41) is 3.64. The predicted octanol–water partition coefficient (Wildman–Crippen LogP) is 1.21. The lowest BCUT2D eigenvalue weighted by Gasteiger charge is -2.34. The maximum absolute atomic E-state index is 5.40. The monoisotopic (exact) mass is 232 g/mol. The highest BCUT2D eigenvalue weighted by atomic mass is 16.5. The molecule has 3 rings (SSSR count). The molecule has 2 heterocycles. The third kappa shape index (κ3) is 2.51. The fourth-order valence-electron chi connectivity index (χ4n) is 2.80. The quantitative estimate of drug-likeness (QED) is 0.829. The summed E-state index contributed by atoms with van der Waals surface area (Å²) >= 11 is 0. The number of morpholine rings is 1. The van der Waals surface area contributed by atoms with Gasteiger partial charge in [-0.2, -0.15) is 0 Å². The normalized spacial score (nSPS) is 25.5. The first-order valence-corrected chi connectivity index (χ1v) is 6.55. The van der Waals surface area contributed by atoms with Gasteiger partial charge >= 0.3 is 0 Å². The molecule has 0 amide bonds. The van der Waals surface area contributed by atoms with Gasteiger partial charge in [-0.15, -0.1) is 0 Å². The molecule has 0 radical (unpaired) electrons. The first-order chi connectivity index (χ1) is 8.43. The summed E-state index contributed by atoms with van der Waals surface area (Å²) in [5.41, 5.74) is 3.01. The molecule has 1 aromatic rings. The van der Waals surface area contributed by atoms with E-state index in [1.165, 1.54) is 11.1 Å². The Bertz CT molecular complexity index is 374. The summed E-state index contributed by atoms with van der Waals surface area (Å²) in [4.78, 5) is 2.50. The smallest absolute Gasteiger partial charge is 0.0594 e. The van der Waals surface area contributed by atoms with E-state index in [2.05, 4.69) is 34.5 Å². The molecule has 1 aromatic carbocycles. The Balaban J connectivity index is 1.71. The number of nitrogens with zero attached hydrogens (tertiary/aromatic N) is 1. The summed E-state index contributed by atoms with van der Waals surface area (Å²) in [6.07, 6.45) is 1.16. The van der Waals surface area contributed by atoms with E-state index in [1.807, 2.05) is 0 Å². The summed E-state index contributed by atoms with van der Waals surface area (Å²) in [6, 6.07) is 9.33. The first kappa shape index (κ1) is 11.2. The molecule has 0 aromatic heterocycles. The van der Waals surface area contributed by atoms with Crippen LogP contribution in [-0.2, 0) is 11.2 Å². The van der Waals surface area contributed by atoms with Gasteiger partial charge in [-0.1, -0.05) is 24.3 Å². The molecule has 2 aliphatic heterocycles. The highest BCUT2D eigenvalue weighted by molar-refractivity contribution is 5.32. The fraction of sp³-hybridized carbons (Fsp3) is 0.571. The van der Waals surface area contributed by atoms with Crippen LogP contribution < -0.4 is 5.32 Å². The van der Waals surface area contributed by atoms with E-state index >= 15 is 0 Å². The van der Waals surface area contributed by atoms with Gasteiger partial charge in [-0.05, 0) is 24.1 Å². The van der Waals surface area contributed by atoms with Gasteiger partial charge in [-0.25, -0.2) is 0 Å². The van der Waals surface area contributed by atoms with Crippen LogP contribution in [0.4, 0.5) is 0 Å². The minimum absolute atomic E-state index is 0.498. The minimum Gasteiger partial charge on any atom is -0.379 e. The van der Waals surface area contributed by atoms with Crippen LogP contribution >= 0.6 is 0 Å². The fourth-order valence-corrected chi connectivity index (χ4v) is 2.80. The van der Waals surface area contributed by atoms with Gasteiger partial charge in [0.15, 0.2) is 0 Å². The average molecular weight is 232 g/mol. The zero-order valence-corrected chi connectivity index (χ0v) is 10.2. The van der Waals surface area contributed by atoms with Crippen molar-refractivity contribution in [2.75, 3.05) is 39.4 Å². The van der Waals surface area contributed by atoms with E-state index < -0.39 is 0 Å². The predicted molar refractivity (Wildman–Crippen MR) is 68.1 cm³/mol. The van der Waals surface area contributed by atoms with Gasteiger partial charge in [0.05, 0.1) is 13.2 Å². The number of hydrogen-bond acceptors (Lipinski definition) is 3. The standard InChI is InChI=1S/C14H20N2O/c1-2-4-13-12(3-1)5-6-15-14(13)11-16-7-9-17-10-8-16/h1-4,14-15H,5-11H2. The maximum Gasteiger partial charge on any atom is 0.0594 e. The zero-order chi connectivity index (χ0) is 11.5. The number of fused-ring (bicyclic) bond motifs is 1. The van der Waals surface area contributed by atoms with Gasteiger partial charge < -0.3 is 10.1 Å². The van der Waals surface area contributed by atoms with Crippen molar-refractivity contribution in [3.63, 3.8) is 0 Å². The summed E-state index contributed by atoms with van der Waals surface area (Å²) in [7, 11) is 0. The Labute approximate surface area is 103 Å². The van der Waals surface area contributed by atoms with Crippen molar-refractivity contribution in [1.29, 1.82) is 0 Å². The van der Waals surface area contributed by atoms with Crippen molar-refractivity contribution in [3.05, 3.63) is 35.4 Å². The minimum atomic E-state index is 0.498. The van der Waals surface area contributed by atoms with Crippen LogP contribution in [0.5, 0.6) is 0 Å². The van der Waals surface area contributed by atoms with Crippen molar-refractivity contribution in [1.82, 2.24) is 10.2 Å². The van der Waals surface area contributed by atoms with E-state index in [-0.39, 0.29) is 0 Å². The number of ether oxygens (including phenoxy) is 1. The van der Waals surface area contributed by atoms with Crippen molar-refractivity contribution < 1.29 is 4.74 Å². The van der Waals surface area contributed by atoms with Crippen LogP contribution in [-0.4, -0.2) is 44.3 Å². The van der Waals surface area contributed by atoms with Crippen LogP contribution in [0.1, 0.15) is 17.2 Å². The molecule has 1 fully saturated rings. The van der Waals surface area contributed by atoms with Crippen LogP contribution in [0.3, 0.4) is 0 Å². The van der Waals surface area contributed by atoms with Crippen LogP contribution in [0.15, 0.2) is 24.3 Å². The van der Waals surface area contributed by atoms with Gasteiger partial charge in [0, 0.05) is 25.7 Å². The van der Waals surface area contributed by atoms with Crippen molar-refractivity contribution >= 4 is 0 Å². The Hall–Kier alpha value is -0.900. The first-order valence-electron chi connectivity index (χ1n) is 6.55. The van der Waals surface area contributed by atoms with Crippen molar-refractivity contribution in [2.45, 2.75) is 12.5 Å². The largest absolute Gasteiger partial charge is 0.379 e. The Morgan fingerprint density at radius 3 is 2.94 bits per heavy atom. The number of hydrogen-bond donors (Lipinski definition) is 1. The molecule has 0 spiro atoms. The average Bonchev–Trinajstić information content (AvgIpc) is 2.40. The molecule has 92 valence electrons. The van der Waals surface area contributed by atoms with Crippen LogP contribution in [0.2, 0.25) is 0 Å². The van der Waals surface area contributed by atoms with Crippen molar-refractivity contribution in [2.24, 2.45) is 0 Å². The Morgan fingerprint density at radius 1 is 1.24 bits per heavy atom. The van der Waals surface area contributed by atoms with Crippen LogP contribution in [0.25, 0.3) is 0 Å². The molecule has 0 saturated carbocycles. The Morgan fingerprint density at radius 2 is 2.06 bits per heavy atom. The lowest BCUT2D eigenvalue weighted by atomic mass is 9.94. The topological polar surface area (TPSA) is 24.5 Å². The summed E-state index contributed by atoms with van der Waals surface area (Å²) in [5.74, 6) is 0. The molecule has 1 N–H and O–H groups in total. The van der Waals surface area contributed by atoms with Crippen LogP contribution in [0, 0.1) is 0 Å². The van der Waals surface area contributed by atoms with Gasteiger partial charge in [-0.3, -0.25) is 4.90 Å². The molecule has 17 heavy (non-hydrogen) atoms. The lowest BCUT2D eigenvalue weighted by Crippen LogP contribution is -2.43. The number of nitrogens with one attached hydrogen (secondary N) is 1. The van der Waals surface area contributed by atoms with E-state index in [4.69, 9.17) is 4.74 Å². The van der Waals surface area contributed by atoms with Gasteiger partial charge in [0.25, 0.3) is 0 Å². The maximum atomic E-state index is 5.40. The summed E-state index contributed by atoms with van der Waals surface area (Å²) in [6.45, 7) is 6.12. The molecule has 3 heteroatoms. The van der Waals surface area contributed by atoms with Crippen molar-refractivity contribution in [3.8, 4) is 0 Å². The molecule has 1 saturated heterocycles. The second kappa shape index (κ2) is 5.17. The highest BCUT2D eigenvalue weighted by Crippen LogP contribution is 2.23. The molecule has 0 aliphatic carbocycles. The van der Waals surface area contributed by atoms with E-state index in [9.17, 15) is 0 Å². The van der Waals surface area contributed by atoms with E-state index in [0.29, 0.717) is 6.04 Å². The molecular formula is C14H20N2O. The third-order valence-electron chi connectivity index (χ3n) is 3.76. The number of rotatable bonds is 2. The molecule has 1 unspecified atom stereocenters. The summed E-state index contributed by atoms with van der Waals surface area (Å²) < 4.78 is 5.40.